The van der Waals surface area contributed by atoms with Crippen molar-refractivity contribution in [3.05, 3.63) is 64.9 Å². The molecule has 1 atom stereocenters. The van der Waals surface area contributed by atoms with E-state index in [1.54, 1.807) is 30.8 Å². The minimum absolute atomic E-state index is 0.00104. The number of methoxy groups -OCH3 is 1. The molecule has 4 aromatic rings. The number of fused-ring (bicyclic) bond motifs is 1. The zero-order valence-corrected chi connectivity index (χ0v) is 16.8. The predicted octanol–water partition coefficient (Wildman–Crippen LogP) is 4.49. The number of para-hydroxylation sites is 1. The van der Waals surface area contributed by atoms with Crippen molar-refractivity contribution in [2.45, 2.75) is 19.6 Å². The molecule has 0 saturated carbocycles. The Labute approximate surface area is 167 Å². The minimum Gasteiger partial charge on any atom is -0.375 e. The number of pyridine rings is 1. The molecule has 3 aromatic heterocycles. The van der Waals surface area contributed by atoms with Crippen LogP contribution in [0, 0.1) is 0 Å². The number of thiazole rings is 1. The fourth-order valence-electron chi connectivity index (χ4n) is 2.98. The largest absolute Gasteiger partial charge is 0.375 e. The smallest absolute Gasteiger partial charge is 0.163 e. The summed E-state index contributed by atoms with van der Waals surface area (Å²) in [6.07, 6.45) is 3.53. The Morgan fingerprint density at radius 2 is 1.96 bits per heavy atom. The van der Waals surface area contributed by atoms with Crippen LogP contribution < -0.4 is 4.90 Å². The summed E-state index contributed by atoms with van der Waals surface area (Å²) in [4.78, 5) is 20.6. The molecule has 0 aliphatic rings. The Bertz CT molecular complexity index is 1080. The lowest BCUT2D eigenvalue weighted by molar-refractivity contribution is 0.119. The third-order valence-corrected chi connectivity index (χ3v) is 5.59. The van der Waals surface area contributed by atoms with Crippen molar-refractivity contribution in [1.82, 2.24) is 19.9 Å². The van der Waals surface area contributed by atoms with Gasteiger partial charge in [0.15, 0.2) is 5.82 Å². The van der Waals surface area contributed by atoms with Crippen LogP contribution in [0.1, 0.15) is 23.7 Å². The van der Waals surface area contributed by atoms with E-state index >= 15 is 0 Å². The molecule has 1 aromatic carbocycles. The first-order valence-electron chi connectivity index (χ1n) is 9.01. The quantitative estimate of drug-likeness (QED) is 0.482. The Balaban J connectivity index is 1.71. The zero-order chi connectivity index (χ0) is 19.5. The summed E-state index contributed by atoms with van der Waals surface area (Å²) < 4.78 is 5.37. The van der Waals surface area contributed by atoms with Gasteiger partial charge in [0.2, 0.25) is 0 Å². The van der Waals surface area contributed by atoms with Gasteiger partial charge >= 0.3 is 0 Å². The zero-order valence-electron chi connectivity index (χ0n) is 16.0. The normalized spacial score (nSPS) is 12.2. The van der Waals surface area contributed by atoms with E-state index in [1.807, 2.05) is 50.4 Å². The molecule has 0 bridgehead atoms. The van der Waals surface area contributed by atoms with Gasteiger partial charge in [-0.1, -0.05) is 12.1 Å². The maximum absolute atomic E-state index is 5.37. The van der Waals surface area contributed by atoms with Gasteiger partial charge in [0, 0.05) is 42.9 Å². The molecule has 0 amide bonds. The fourth-order valence-corrected chi connectivity index (χ4v) is 3.82. The number of anilines is 1. The molecular formula is C21H21N5OS. The van der Waals surface area contributed by atoms with E-state index in [4.69, 9.17) is 19.7 Å². The number of benzene rings is 1. The molecule has 4 rings (SSSR count). The van der Waals surface area contributed by atoms with Gasteiger partial charge in [-0.15, -0.1) is 11.3 Å². The number of ether oxygens (including phenoxy) is 1. The van der Waals surface area contributed by atoms with Crippen molar-refractivity contribution < 1.29 is 4.74 Å². The lowest BCUT2D eigenvalue weighted by Gasteiger charge is -2.19. The highest BCUT2D eigenvalue weighted by Gasteiger charge is 2.15. The van der Waals surface area contributed by atoms with E-state index in [0.29, 0.717) is 12.4 Å². The molecule has 0 spiro atoms. The summed E-state index contributed by atoms with van der Waals surface area (Å²) in [7, 11) is 3.73. The number of nitrogens with zero attached hydrogens (tertiary/aromatic N) is 5. The van der Waals surface area contributed by atoms with Crippen molar-refractivity contribution in [3.8, 4) is 11.4 Å². The highest BCUT2D eigenvalue weighted by Crippen LogP contribution is 2.28. The Morgan fingerprint density at radius 1 is 1.11 bits per heavy atom. The molecule has 0 fully saturated rings. The van der Waals surface area contributed by atoms with E-state index in [2.05, 4.69) is 15.3 Å². The Morgan fingerprint density at radius 3 is 2.75 bits per heavy atom. The van der Waals surface area contributed by atoms with Crippen LogP contribution >= 0.6 is 11.3 Å². The molecular weight excluding hydrogens is 370 g/mol. The highest BCUT2D eigenvalue weighted by molar-refractivity contribution is 7.09. The van der Waals surface area contributed by atoms with E-state index in [0.717, 1.165) is 33.0 Å². The molecule has 0 N–H and O–H groups in total. The van der Waals surface area contributed by atoms with Gasteiger partial charge in [0.25, 0.3) is 0 Å². The van der Waals surface area contributed by atoms with Crippen LogP contribution in [0.5, 0.6) is 0 Å². The van der Waals surface area contributed by atoms with Gasteiger partial charge in [-0.2, -0.15) is 0 Å². The Kier molecular flexibility index (Phi) is 5.27. The van der Waals surface area contributed by atoms with Crippen LogP contribution in [-0.4, -0.2) is 34.1 Å². The molecule has 28 heavy (non-hydrogen) atoms. The second-order valence-corrected chi connectivity index (χ2v) is 7.43. The Hall–Kier alpha value is -2.90. The van der Waals surface area contributed by atoms with Gasteiger partial charge in [-0.3, -0.25) is 4.98 Å². The van der Waals surface area contributed by atoms with E-state index < -0.39 is 0 Å². The predicted molar refractivity (Wildman–Crippen MR) is 112 cm³/mol. The number of hydrogen-bond donors (Lipinski definition) is 0. The first-order valence-corrected chi connectivity index (χ1v) is 9.89. The molecule has 6 nitrogen and oxygen atoms in total. The minimum atomic E-state index is 0.00104. The van der Waals surface area contributed by atoms with Gasteiger partial charge in [-0.25, -0.2) is 15.0 Å². The summed E-state index contributed by atoms with van der Waals surface area (Å²) in [5, 5.41) is 4.07. The third-order valence-electron chi connectivity index (χ3n) is 4.53. The van der Waals surface area contributed by atoms with Crippen LogP contribution in [0.4, 0.5) is 5.82 Å². The van der Waals surface area contributed by atoms with Crippen LogP contribution in [-0.2, 0) is 11.3 Å². The van der Waals surface area contributed by atoms with Gasteiger partial charge in [0.05, 0.1) is 17.8 Å². The first-order chi connectivity index (χ1) is 13.7. The van der Waals surface area contributed by atoms with Gasteiger partial charge in [-0.05, 0) is 31.2 Å². The molecule has 0 radical (unpaired) electrons. The number of aromatic nitrogens is 4. The molecule has 142 valence electrons. The van der Waals surface area contributed by atoms with Crippen molar-refractivity contribution in [2.75, 3.05) is 19.1 Å². The van der Waals surface area contributed by atoms with Crippen LogP contribution in [0.2, 0.25) is 0 Å². The standard InChI is InChI=1S/C21H21N5OS/c1-14(27-3)21-23-16(13-28-21)12-26(2)20-17-8-4-5-9-18(17)24-19(25-20)15-7-6-10-22-11-15/h4-11,13-14H,12H2,1-3H3. The van der Waals surface area contributed by atoms with Gasteiger partial charge < -0.3 is 9.64 Å². The van der Waals surface area contributed by atoms with Crippen molar-refractivity contribution in [3.63, 3.8) is 0 Å². The summed E-state index contributed by atoms with van der Waals surface area (Å²) in [5.41, 5.74) is 2.80. The summed E-state index contributed by atoms with van der Waals surface area (Å²) in [5.74, 6) is 1.54. The molecule has 0 saturated heterocycles. The SMILES string of the molecule is COC(C)c1nc(CN(C)c2nc(-c3cccnc3)nc3ccccc23)cs1. The summed E-state index contributed by atoms with van der Waals surface area (Å²) in [6.45, 7) is 2.66. The maximum atomic E-state index is 5.37. The number of rotatable bonds is 6. The van der Waals surface area contributed by atoms with Crippen LogP contribution in [0.25, 0.3) is 22.3 Å². The monoisotopic (exact) mass is 391 g/mol. The van der Waals surface area contributed by atoms with Gasteiger partial charge in [0.1, 0.15) is 16.9 Å². The molecule has 7 heteroatoms. The van der Waals surface area contributed by atoms with E-state index in [-0.39, 0.29) is 6.10 Å². The first kappa shape index (κ1) is 18.5. The molecule has 3 heterocycles. The van der Waals surface area contributed by atoms with Crippen molar-refractivity contribution >= 4 is 28.1 Å². The number of hydrogen-bond acceptors (Lipinski definition) is 7. The lowest BCUT2D eigenvalue weighted by atomic mass is 10.2. The third kappa shape index (κ3) is 3.72. The van der Waals surface area contributed by atoms with Crippen LogP contribution in [0.3, 0.4) is 0 Å². The maximum Gasteiger partial charge on any atom is 0.163 e. The second kappa shape index (κ2) is 8.00. The summed E-state index contributed by atoms with van der Waals surface area (Å²) in [6, 6.07) is 11.9. The summed E-state index contributed by atoms with van der Waals surface area (Å²) >= 11 is 1.62. The molecule has 0 aliphatic heterocycles. The highest BCUT2D eigenvalue weighted by atomic mass is 32.1. The van der Waals surface area contributed by atoms with Crippen molar-refractivity contribution in [1.29, 1.82) is 0 Å². The van der Waals surface area contributed by atoms with Crippen molar-refractivity contribution in [2.24, 2.45) is 0 Å². The second-order valence-electron chi connectivity index (χ2n) is 6.54. The fraction of sp³-hybridized carbons (Fsp3) is 0.238. The molecule has 0 aliphatic carbocycles. The molecule has 1 unspecified atom stereocenters. The lowest BCUT2D eigenvalue weighted by Crippen LogP contribution is -2.19. The van der Waals surface area contributed by atoms with E-state index in [9.17, 15) is 0 Å². The van der Waals surface area contributed by atoms with E-state index in [1.165, 1.54) is 0 Å². The topological polar surface area (TPSA) is 64.0 Å². The average Bonchev–Trinajstić information content (AvgIpc) is 3.21. The van der Waals surface area contributed by atoms with Crippen LogP contribution in [0.15, 0.2) is 54.2 Å². The average molecular weight is 392 g/mol.